The number of alkyl halides is 3. The maximum atomic E-state index is 13.3. The molecule has 0 radical (unpaired) electrons. The van der Waals surface area contributed by atoms with Crippen molar-refractivity contribution in [2.45, 2.75) is 6.18 Å². The number of carbonyl (C=O) groups excluding carboxylic acids is 1. The van der Waals surface area contributed by atoms with E-state index in [-0.39, 0.29) is 17.0 Å². The molecular formula is C16H11F4NO4. The summed E-state index contributed by atoms with van der Waals surface area (Å²) in [6.07, 6.45) is -4.85. The van der Waals surface area contributed by atoms with Crippen molar-refractivity contribution < 1.29 is 37.0 Å². The number of nitrogens with one attached hydrogen (secondary N) is 1. The lowest BCUT2D eigenvalue weighted by molar-refractivity contribution is -0.137. The van der Waals surface area contributed by atoms with Gasteiger partial charge in [-0.2, -0.15) is 13.2 Å². The quantitative estimate of drug-likeness (QED) is 0.816. The molecule has 1 amide bonds. The Kier molecular flexibility index (Phi) is 4.96. The van der Waals surface area contributed by atoms with Gasteiger partial charge in [0.2, 0.25) is 0 Å². The van der Waals surface area contributed by atoms with Gasteiger partial charge in [-0.05, 0) is 36.4 Å². The van der Waals surface area contributed by atoms with E-state index >= 15 is 0 Å². The van der Waals surface area contributed by atoms with Gasteiger partial charge in [-0.15, -0.1) is 0 Å². The summed E-state index contributed by atoms with van der Waals surface area (Å²) in [5.74, 6) is -3.54. The number of carboxylic acids is 1. The van der Waals surface area contributed by atoms with Gasteiger partial charge in [-0.25, -0.2) is 9.18 Å². The fourth-order valence-corrected chi connectivity index (χ4v) is 2.07. The molecule has 2 N–H and O–H groups in total. The van der Waals surface area contributed by atoms with Gasteiger partial charge in [0.15, 0.2) is 0 Å². The third-order valence-corrected chi connectivity index (χ3v) is 3.23. The second-order valence-corrected chi connectivity index (χ2v) is 4.86. The number of amides is 1. The van der Waals surface area contributed by atoms with Gasteiger partial charge in [0.25, 0.3) is 5.91 Å². The van der Waals surface area contributed by atoms with E-state index in [2.05, 4.69) is 5.32 Å². The van der Waals surface area contributed by atoms with Crippen LogP contribution in [0.15, 0.2) is 36.4 Å². The molecule has 0 spiro atoms. The van der Waals surface area contributed by atoms with Crippen LogP contribution in [0.2, 0.25) is 0 Å². The van der Waals surface area contributed by atoms with Crippen LogP contribution >= 0.6 is 0 Å². The minimum atomic E-state index is -4.85. The Balaban J connectivity index is 2.41. The Bertz CT molecular complexity index is 833. The smallest absolute Gasteiger partial charge is 0.417 e. The number of hydrogen-bond acceptors (Lipinski definition) is 3. The molecular weight excluding hydrogens is 346 g/mol. The van der Waals surface area contributed by atoms with Crippen molar-refractivity contribution in [1.82, 2.24) is 0 Å². The molecule has 0 bridgehead atoms. The molecule has 0 saturated heterocycles. The fourth-order valence-electron chi connectivity index (χ4n) is 2.07. The summed E-state index contributed by atoms with van der Waals surface area (Å²) in [5, 5.41) is 11.1. The van der Waals surface area contributed by atoms with Crippen molar-refractivity contribution >= 4 is 17.6 Å². The molecule has 0 fully saturated rings. The van der Waals surface area contributed by atoms with Gasteiger partial charge in [-0.3, -0.25) is 4.79 Å². The number of carbonyl (C=O) groups is 2. The van der Waals surface area contributed by atoms with Gasteiger partial charge in [-0.1, -0.05) is 0 Å². The summed E-state index contributed by atoms with van der Waals surface area (Å²) in [6, 6.07) is 4.92. The summed E-state index contributed by atoms with van der Waals surface area (Å²) in [4.78, 5) is 23.1. The molecule has 5 nitrogen and oxygen atoms in total. The van der Waals surface area contributed by atoms with Crippen LogP contribution in [0.25, 0.3) is 0 Å². The van der Waals surface area contributed by atoms with Crippen LogP contribution in [-0.4, -0.2) is 24.1 Å². The molecule has 0 atom stereocenters. The first-order chi connectivity index (χ1) is 11.6. The number of halogens is 4. The highest BCUT2D eigenvalue weighted by Crippen LogP contribution is 2.33. The molecule has 0 aliphatic heterocycles. The zero-order valence-corrected chi connectivity index (χ0v) is 12.6. The maximum Gasteiger partial charge on any atom is 0.417 e. The van der Waals surface area contributed by atoms with E-state index in [0.717, 1.165) is 18.2 Å². The third kappa shape index (κ3) is 4.06. The summed E-state index contributed by atoms with van der Waals surface area (Å²) in [6.45, 7) is 0. The minimum Gasteiger partial charge on any atom is -0.495 e. The number of aromatic carboxylic acids is 1. The monoisotopic (exact) mass is 357 g/mol. The number of anilines is 1. The lowest BCUT2D eigenvalue weighted by Crippen LogP contribution is -2.19. The summed E-state index contributed by atoms with van der Waals surface area (Å²) >= 11 is 0. The van der Waals surface area contributed by atoms with Crippen molar-refractivity contribution in [1.29, 1.82) is 0 Å². The highest BCUT2D eigenvalue weighted by molar-refractivity contribution is 6.06. The molecule has 2 rings (SSSR count). The SMILES string of the molecule is COc1cc(C(=O)O)ccc1NC(=O)c1cc(F)ccc1C(F)(F)F. The van der Waals surface area contributed by atoms with Gasteiger partial charge in [0.1, 0.15) is 11.6 Å². The van der Waals surface area contributed by atoms with E-state index in [1.807, 2.05) is 0 Å². The number of methoxy groups -OCH3 is 1. The first-order valence-corrected chi connectivity index (χ1v) is 6.73. The molecule has 132 valence electrons. The fraction of sp³-hybridized carbons (Fsp3) is 0.125. The Morgan fingerprint density at radius 2 is 1.80 bits per heavy atom. The summed E-state index contributed by atoms with van der Waals surface area (Å²) < 4.78 is 57.1. The average molecular weight is 357 g/mol. The van der Waals surface area contributed by atoms with Gasteiger partial charge >= 0.3 is 12.1 Å². The third-order valence-electron chi connectivity index (χ3n) is 3.23. The van der Waals surface area contributed by atoms with Crippen LogP contribution in [-0.2, 0) is 6.18 Å². The number of carboxylic acid groups (broad SMARTS) is 1. The number of hydrogen-bond donors (Lipinski definition) is 2. The largest absolute Gasteiger partial charge is 0.495 e. The van der Waals surface area contributed by atoms with Crippen LogP contribution < -0.4 is 10.1 Å². The molecule has 0 saturated carbocycles. The lowest BCUT2D eigenvalue weighted by Gasteiger charge is -2.14. The van der Waals surface area contributed by atoms with Crippen LogP contribution in [0.4, 0.5) is 23.2 Å². The first-order valence-electron chi connectivity index (χ1n) is 6.73. The highest BCUT2D eigenvalue weighted by atomic mass is 19.4. The van der Waals surface area contributed by atoms with Crippen LogP contribution in [0.1, 0.15) is 26.3 Å². The first kappa shape index (κ1) is 18.2. The van der Waals surface area contributed by atoms with Crippen LogP contribution in [0.3, 0.4) is 0 Å². The predicted molar refractivity (Wildman–Crippen MR) is 79.3 cm³/mol. The molecule has 0 heterocycles. The van der Waals surface area contributed by atoms with Crippen molar-refractivity contribution in [3.8, 4) is 5.75 Å². The normalized spacial score (nSPS) is 11.1. The summed E-state index contributed by atoms with van der Waals surface area (Å²) in [7, 11) is 1.19. The maximum absolute atomic E-state index is 13.3. The van der Waals surface area contributed by atoms with Crippen molar-refractivity contribution in [2.75, 3.05) is 12.4 Å². The second-order valence-electron chi connectivity index (χ2n) is 4.86. The van der Waals surface area contributed by atoms with Crippen LogP contribution in [0, 0.1) is 5.82 Å². The molecule has 2 aromatic carbocycles. The molecule has 0 aromatic heterocycles. The van der Waals surface area contributed by atoms with Gasteiger partial charge in [0.05, 0.1) is 29.5 Å². The number of benzene rings is 2. The lowest BCUT2D eigenvalue weighted by atomic mass is 10.1. The predicted octanol–water partition coefficient (Wildman–Crippen LogP) is 3.80. The molecule has 25 heavy (non-hydrogen) atoms. The highest BCUT2D eigenvalue weighted by Gasteiger charge is 2.35. The van der Waals surface area contributed by atoms with Crippen molar-refractivity contribution in [3.05, 3.63) is 58.9 Å². The van der Waals surface area contributed by atoms with Crippen molar-refractivity contribution in [3.63, 3.8) is 0 Å². The van der Waals surface area contributed by atoms with E-state index in [1.165, 1.54) is 7.11 Å². The van der Waals surface area contributed by atoms with E-state index < -0.39 is 35.0 Å². The Morgan fingerprint density at radius 3 is 2.36 bits per heavy atom. The Labute approximate surface area is 138 Å². The summed E-state index contributed by atoms with van der Waals surface area (Å²) in [5.41, 5.74) is -2.41. The zero-order chi connectivity index (χ0) is 18.8. The van der Waals surface area contributed by atoms with E-state index in [1.54, 1.807) is 0 Å². The minimum absolute atomic E-state index is 0.0603. The van der Waals surface area contributed by atoms with E-state index in [0.29, 0.717) is 18.2 Å². The topological polar surface area (TPSA) is 75.6 Å². The second kappa shape index (κ2) is 6.80. The standard InChI is InChI=1S/C16H11F4NO4/c1-25-13-6-8(15(23)24)2-5-12(13)21-14(22)10-7-9(17)3-4-11(10)16(18,19)20/h2-7H,1H3,(H,21,22)(H,23,24). The molecule has 2 aromatic rings. The Morgan fingerprint density at radius 1 is 1.12 bits per heavy atom. The Hall–Kier alpha value is -3.10. The molecule has 0 aliphatic rings. The van der Waals surface area contributed by atoms with Gasteiger partial charge in [0, 0.05) is 0 Å². The zero-order valence-electron chi connectivity index (χ0n) is 12.6. The molecule has 0 aliphatic carbocycles. The van der Waals surface area contributed by atoms with Crippen molar-refractivity contribution in [2.24, 2.45) is 0 Å². The van der Waals surface area contributed by atoms with E-state index in [4.69, 9.17) is 9.84 Å². The number of rotatable bonds is 4. The average Bonchev–Trinajstić information content (AvgIpc) is 2.53. The molecule has 0 unspecified atom stereocenters. The molecule has 9 heteroatoms. The van der Waals surface area contributed by atoms with Gasteiger partial charge < -0.3 is 15.2 Å². The van der Waals surface area contributed by atoms with E-state index in [9.17, 15) is 27.2 Å². The van der Waals surface area contributed by atoms with Crippen LogP contribution in [0.5, 0.6) is 5.75 Å². The number of ether oxygens (including phenoxy) is 1.